The molecule has 232 valence electrons. The Balaban J connectivity index is 1.54. The number of rotatable bonds is 6. The van der Waals surface area contributed by atoms with Crippen LogP contribution in [-0.2, 0) is 27.2 Å². The van der Waals surface area contributed by atoms with Gasteiger partial charge in [0, 0.05) is 18.3 Å². The molecule has 2 aromatic carbocycles. The summed E-state index contributed by atoms with van der Waals surface area (Å²) < 4.78 is 108. The Bertz CT molecular complexity index is 1700. The molecule has 0 radical (unpaired) electrons. The molecule has 2 aromatic rings. The highest BCUT2D eigenvalue weighted by molar-refractivity contribution is 7.91. The van der Waals surface area contributed by atoms with Gasteiger partial charge in [0.25, 0.3) is 0 Å². The Morgan fingerprint density at radius 3 is 2.39 bits per heavy atom. The van der Waals surface area contributed by atoms with E-state index in [-0.39, 0.29) is 35.7 Å². The lowest BCUT2D eigenvalue weighted by molar-refractivity contribution is -0.140. The molecule has 0 aromatic heterocycles. The summed E-state index contributed by atoms with van der Waals surface area (Å²) in [4.78, 5) is 21.1. The van der Waals surface area contributed by atoms with Gasteiger partial charge in [0.15, 0.2) is 11.7 Å². The van der Waals surface area contributed by atoms with Crippen molar-refractivity contribution in [3.05, 3.63) is 94.5 Å². The predicted octanol–water partition coefficient (Wildman–Crippen LogP) is 5.55. The molecule has 0 aliphatic carbocycles. The second-order valence-corrected chi connectivity index (χ2v) is 13.3. The van der Waals surface area contributed by atoms with Gasteiger partial charge in [0.2, 0.25) is 5.91 Å². The van der Waals surface area contributed by atoms with Crippen molar-refractivity contribution in [3.63, 3.8) is 0 Å². The maximum Gasteiger partial charge on any atom is 0.419 e. The number of sulfone groups is 1. The largest absolute Gasteiger partial charge is 0.419 e. The third kappa shape index (κ3) is 6.24. The summed E-state index contributed by atoms with van der Waals surface area (Å²) in [7, 11) is -3.37. The molecular formula is C30H26F6N4O3S. The number of fused-ring (bicyclic) bond motifs is 1. The van der Waals surface area contributed by atoms with Crippen LogP contribution >= 0.6 is 0 Å². The molecule has 1 fully saturated rings. The maximum atomic E-state index is 15.0. The number of aliphatic imine (C=N–C) groups is 1. The molecule has 44 heavy (non-hydrogen) atoms. The van der Waals surface area contributed by atoms with E-state index in [0.717, 1.165) is 12.3 Å². The van der Waals surface area contributed by atoms with E-state index in [0.29, 0.717) is 29.3 Å². The number of nitriles is 1. The predicted molar refractivity (Wildman–Crippen MR) is 148 cm³/mol. The topological polar surface area (TPSA) is 93.8 Å². The molecule has 0 saturated carbocycles. The van der Waals surface area contributed by atoms with Gasteiger partial charge < -0.3 is 9.80 Å². The summed E-state index contributed by atoms with van der Waals surface area (Å²) in [6.45, 7) is 1.61. The Morgan fingerprint density at radius 1 is 1.11 bits per heavy atom. The Kier molecular flexibility index (Phi) is 8.37. The van der Waals surface area contributed by atoms with Crippen LogP contribution in [0.25, 0.3) is 0 Å². The first kappa shape index (κ1) is 31.3. The zero-order chi connectivity index (χ0) is 32.0. The van der Waals surface area contributed by atoms with E-state index in [1.165, 1.54) is 21.9 Å². The van der Waals surface area contributed by atoms with Crippen LogP contribution < -0.4 is 0 Å². The van der Waals surface area contributed by atoms with E-state index in [2.05, 4.69) is 4.99 Å². The number of carbonyl (C=O) groups excluding carboxylic acids is 1. The first-order valence-corrected chi connectivity index (χ1v) is 15.5. The fourth-order valence-electron chi connectivity index (χ4n) is 5.99. The van der Waals surface area contributed by atoms with Crippen LogP contribution in [0, 0.1) is 17.1 Å². The van der Waals surface area contributed by atoms with E-state index in [1.54, 1.807) is 19.1 Å². The first-order chi connectivity index (χ1) is 20.7. The van der Waals surface area contributed by atoms with E-state index in [4.69, 9.17) is 0 Å². The van der Waals surface area contributed by atoms with Crippen molar-refractivity contribution < 1.29 is 39.6 Å². The summed E-state index contributed by atoms with van der Waals surface area (Å²) >= 11 is 0. The number of alkyl halides is 3. The quantitative estimate of drug-likeness (QED) is 0.388. The number of benzene rings is 2. The van der Waals surface area contributed by atoms with Crippen molar-refractivity contribution in [1.29, 1.82) is 5.26 Å². The Hall–Kier alpha value is -4.12. The molecule has 3 atom stereocenters. The Morgan fingerprint density at radius 2 is 1.77 bits per heavy atom. The number of hydrogen-bond acceptors (Lipinski definition) is 6. The fraction of sp³-hybridized carbons (Fsp3) is 0.367. The number of allylic oxidation sites excluding steroid dienone is 2. The highest BCUT2D eigenvalue weighted by Gasteiger charge is 2.46. The lowest BCUT2D eigenvalue weighted by Gasteiger charge is -2.42. The summed E-state index contributed by atoms with van der Waals surface area (Å²) in [6.07, 6.45) is -3.73. The van der Waals surface area contributed by atoms with Crippen molar-refractivity contribution in [2.75, 3.05) is 11.5 Å². The molecule has 2 unspecified atom stereocenters. The molecule has 1 amide bonds. The monoisotopic (exact) mass is 636 g/mol. The number of carbonyl (C=O) groups is 1. The van der Waals surface area contributed by atoms with Crippen molar-refractivity contribution in [2.45, 2.75) is 56.5 Å². The second-order valence-electron chi connectivity index (χ2n) is 10.9. The normalized spacial score (nSPS) is 22.3. The molecular weight excluding hydrogens is 610 g/mol. The first-order valence-electron chi connectivity index (χ1n) is 13.7. The minimum absolute atomic E-state index is 0.0486. The smallest absolute Gasteiger partial charge is 0.334 e. The van der Waals surface area contributed by atoms with Crippen LogP contribution in [0.15, 0.2) is 71.4 Å². The van der Waals surface area contributed by atoms with E-state index >= 15 is 0 Å². The third-order valence-electron chi connectivity index (χ3n) is 8.09. The van der Waals surface area contributed by atoms with Crippen LogP contribution in [0.5, 0.6) is 0 Å². The van der Waals surface area contributed by atoms with Gasteiger partial charge in [-0.1, -0.05) is 18.2 Å². The minimum Gasteiger partial charge on any atom is -0.334 e. The third-order valence-corrected chi connectivity index (χ3v) is 9.81. The molecule has 0 spiro atoms. The van der Waals surface area contributed by atoms with Gasteiger partial charge in [-0.15, -0.1) is 0 Å². The maximum absolute atomic E-state index is 15.0. The van der Waals surface area contributed by atoms with Crippen molar-refractivity contribution in [3.8, 4) is 6.07 Å². The summed E-state index contributed by atoms with van der Waals surface area (Å²) in [5, 5.41) is 9.23. The number of amides is 1. The van der Waals surface area contributed by atoms with Crippen LogP contribution in [0.2, 0.25) is 0 Å². The summed E-state index contributed by atoms with van der Waals surface area (Å²) in [5.74, 6) is -4.62. The average Bonchev–Trinajstić information content (AvgIpc) is 3.34. The Labute approximate surface area is 249 Å². The number of amidine groups is 1. The molecule has 1 saturated heterocycles. The summed E-state index contributed by atoms with van der Waals surface area (Å²) in [6, 6.07) is 7.14. The van der Waals surface area contributed by atoms with Gasteiger partial charge >= 0.3 is 6.18 Å². The molecule has 3 heterocycles. The molecule has 0 bridgehead atoms. The number of halogens is 6. The van der Waals surface area contributed by atoms with Crippen LogP contribution in [0.4, 0.5) is 26.3 Å². The second kappa shape index (κ2) is 11.8. The SMILES string of the molecule is C[C@H](C1N=C2C(F)=CC(F)=CN2C1c1ccc(C#N)cc1)N(C(=O)Cc1ccc(F)c(C(F)(F)F)c1)C1CCS(=O)(=O)CC1. The summed E-state index contributed by atoms with van der Waals surface area (Å²) in [5.41, 5.74) is -0.781. The minimum atomic E-state index is -4.99. The fourth-order valence-corrected chi connectivity index (χ4v) is 7.46. The van der Waals surface area contributed by atoms with Gasteiger partial charge in [-0.3, -0.25) is 9.79 Å². The van der Waals surface area contributed by atoms with Crippen molar-refractivity contribution >= 4 is 21.6 Å². The lowest BCUT2D eigenvalue weighted by Crippen LogP contribution is -2.54. The van der Waals surface area contributed by atoms with Crippen LogP contribution in [0.3, 0.4) is 0 Å². The van der Waals surface area contributed by atoms with Crippen molar-refractivity contribution in [1.82, 2.24) is 9.80 Å². The van der Waals surface area contributed by atoms with E-state index in [1.807, 2.05) is 6.07 Å². The lowest BCUT2D eigenvalue weighted by atomic mass is 9.91. The average molecular weight is 637 g/mol. The molecule has 7 nitrogen and oxygen atoms in total. The van der Waals surface area contributed by atoms with Crippen molar-refractivity contribution in [2.24, 2.45) is 4.99 Å². The molecule has 0 N–H and O–H groups in total. The van der Waals surface area contributed by atoms with Gasteiger partial charge in [-0.05, 0) is 55.2 Å². The van der Waals surface area contributed by atoms with Gasteiger partial charge in [0.1, 0.15) is 21.5 Å². The number of hydrogen-bond donors (Lipinski definition) is 0. The van der Waals surface area contributed by atoms with Crippen LogP contribution in [0.1, 0.15) is 48.1 Å². The molecule has 14 heteroatoms. The van der Waals surface area contributed by atoms with Gasteiger partial charge in [-0.25, -0.2) is 21.6 Å². The molecule has 3 aliphatic heterocycles. The molecule has 5 rings (SSSR count). The molecule has 3 aliphatic rings. The van der Waals surface area contributed by atoms with Crippen LogP contribution in [-0.4, -0.2) is 59.6 Å². The standard InChI is InChI=1S/C30H26F6N4O3S/c1-17(27-28(20-5-2-18(15-37)3-6-20)39-16-21(31)14-25(33)29(39)38-27)40(22-8-10-44(42,43)11-9-22)26(41)13-19-4-7-24(32)23(12-19)30(34,35)36/h2-7,12,14,16-17,22,27-28H,8-11,13H2,1H3/t17-,27?,28?/m1/s1. The zero-order valence-electron chi connectivity index (χ0n) is 23.2. The zero-order valence-corrected chi connectivity index (χ0v) is 24.0. The number of nitrogens with zero attached hydrogens (tertiary/aromatic N) is 4. The van der Waals surface area contributed by atoms with Gasteiger partial charge in [-0.2, -0.15) is 18.4 Å². The highest BCUT2D eigenvalue weighted by Crippen LogP contribution is 2.41. The van der Waals surface area contributed by atoms with E-state index in [9.17, 15) is 44.8 Å². The van der Waals surface area contributed by atoms with E-state index < -0.39 is 75.5 Å². The highest BCUT2D eigenvalue weighted by atomic mass is 32.2. The van der Waals surface area contributed by atoms with Gasteiger partial charge in [0.05, 0.1) is 53.2 Å².